The molecule has 0 fully saturated rings. The molecular formula is C11H6BrFN2O3. The van der Waals surface area contributed by atoms with Crippen molar-refractivity contribution >= 4 is 21.9 Å². The monoisotopic (exact) mass is 312 g/mol. The van der Waals surface area contributed by atoms with Gasteiger partial charge in [0.2, 0.25) is 5.69 Å². The van der Waals surface area contributed by atoms with Crippen LogP contribution in [0.25, 0.3) is 0 Å². The second-order valence-electron chi connectivity index (χ2n) is 3.22. The maximum absolute atomic E-state index is 13.1. The molecule has 0 aliphatic rings. The molecule has 0 saturated heterocycles. The Kier molecular flexibility index (Phi) is 3.52. The Balaban J connectivity index is 2.37. The molecule has 0 atom stereocenters. The predicted octanol–water partition coefficient (Wildman–Crippen LogP) is 2.87. The lowest BCUT2D eigenvalue weighted by molar-refractivity contribution is 0.0686. The van der Waals surface area contributed by atoms with Gasteiger partial charge in [-0.2, -0.15) is 0 Å². The number of benzene rings is 1. The minimum absolute atomic E-state index is 0.130. The molecule has 1 heterocycles. The summed E-state index contributed by atoms with van der Waals surface area (Å²) < 4.78 is 18.8. The Hall–Kier alpha value is -2.02. The molecular weight excluding hydrogens is 307 g/mol. The Labute approximate surface area is 109 Å². The third kappa shape index (κ3) is 2.80. The van der Waals surface area contributed by atoms with Crippen LogP contribution in [-0.2, 0) is 0 Å². The highest BCUT2D eigenvalue weighted by atomic mass is 79.9. The van der Waals surface area contributed by atoms with Gasteiger partial charge in [-0.3, -0.25) is 0 Å². The number of carboxylic acid groups (broad SMARTS) is 1. The summed E-state index contributed by atoms with van der Waals surface area (Å²) >= 11 is 3.10. The zero-order valence-corrected chi connectivity index (χ0v) is 10.4. The van der Waals surface area contributed by atoms with Crippen LogP contribution in [0, 0.1) is 5.82 Å². The molecule has 2 aromatic rings. The van der Waals surface area contributed by atoms with Crippen molar-refractivity contribution in [3.8, 4) is 11.6 Å². The first-order chi connectivity index (χ1) is 8.56. The number of carbonyl (C=O) groups is 1. The first-order valence-corrected chi connectivity index (χ1v) is 5.54. The minimum atomic E-state index is -1.27. The summed E-state index contributed by atoms with van der Waals surface area (Å²) in [6, 6.07) is 3.86. The largest absolute Gasteiger partial charge is 0.476 e. The second-order valence-corrected chi connectivity index (χ2v) is 4.14. The van der Waals surface area contributed by atoms with Gasteiger partial charge in [0, 0.05) is 22.9 Å². The number of carboxylic acids is 1. The van der Waals surface area contributed by atoms with Gasteiger partial charge in [-0.25, -0.2) is 19.2 Å². The molecule has 1 aromatic carbocycles. The van der Waals surface area contributed by atoms with Gasteiger partial charge in [-0.15, -0.1) is 0 Å². The molecule has 5 nitrogen and oxygen atoms in total. The van der Waals surface area contributed by atoms with Crippen molar-refractivity contribution in [2.45, 2.75) is 0 Å². The summed E-state index contributed by atoms with van der Waals surface area (Å²) in [7, 11) is 0. The van der Waals surface area contributed by atoms with E-state index in [2.05, 4.69) is 25.9 Å². The maximum atomic E-state index is 13.1. The van der Waals surface area contributed by atoms with Crippen LogP contribution in [-0.4, -0.2) is 21.0 Å². The minimum Gasteiger partial charge on any atom is -0.476 e. The van der Waals surface area contributed by atoms with Crippen LogP contribution >= 0.6 is 15.9 Å². The fourth-order valence-electron chi connectivity index (χ4n) is 1.25. The lowest BCUT2D eigenvalue weighted by atomic mass is 10.3. The molecule has 18 heavy (non-hydrogen) atoms. The van der Waals surface area contributed by atoms with Crippen LogP contribution < -0.4 is 4.74 Å². The molecule has 0 radical (unpaired) electrons. The van der Waals surface area contributed by atoms with Crippen molar-refractivity contribution in [3.63, 3.8) is 0 Å². The van der Waals surface area contributed by atoms with Gasteiger partial charge in [-0.05, 0) is 12.1 Å². The van der Waals surface area contributed by atoms with Gasteiger partial charge < -0.3 is 9.84 Å². The van der Waals surface area contributed by atoms with E-state index in [0.717, 1.165) is 6.07 Å². The third-order valence-electron chi connectivity index (χ3n) is 1.92. The Morgan fingerprint density at radius 1 is 1.28 bits per heavy atom. The van der Waals surface area contributed by atoms with Gasteiger partial charge in [0.15, 0.2) is 0 Å². The highest BCUT2D eigenvalue weighted by Crippen LogP contribution is 2.26. The van der Waals surface area contributed by atoms with E-state index in [9.17, 15) is 9.18 Å². The topological polar surface area (TPSA) is 72.3 Å². The van der Waals surface area contributed by atoms with E-state index < -0.39 is 11.8 Å². The van der Waals surface area contributed by atoms with Crippen LogP contribution in [0.1, 0.15) is 10.5 Å². The average molecular weight is 313 g/mol. The van der Waals surface area contributed by atoms with Gasteiger partial charge in [-0.1, -0.05) is 15.9 Å². The molecule has 0 amide bonds. The molecule has 1 aromatic heterocycles. The van der Waals surface area contributed by atoms with Crippen molar-refractivity contribution < 1.29 is 19.0 Å². The molecule has 92 valence electrons. The molecule has 7 heteroatoms. The van der Waals surface area contributed by atoms with Crippen molar-refractivity contribution in [1.82, 2.24) is 9.97 Å². The van der Waals surface area contributed by atoms with E-state index in [4.69, 9.17) is 9.84 Å². The zero-order chi connectivity index (χ0) is 13.1. The highest BCUT2D eigenvalue weighted by Gasteiger charge is 2.15. The number of halogens is 2. The van der Waals surface area contributed by atoms with Gasteiger partial charge >= 0.3 is 5.97 Å². The van der Waals surface area contributed by atoms with Gasteiger partial charge in [0.05, 0.1) is 0 Å². The summed E-state index contributed by atoms with van der Waals surface area (Å²) in [5.74, 6) is -1.85. The van der Waals surface area contributed by atoms with Crippen molar-refractivity contribution in [1.29, 1.82) is 0 Å². The van der Waals surface area contributed by atoms with Crippen molar-refractivity contribution in [3.05, 3.63) is 46.6 Å². The quantitative estimate of drug-likeness (QED) is 0.943. The molecule has 0 spiro atoms. The molecule has 1 N–H and O–H groups in total. The number of hydrogen-bond donors (Lipinski definition) is 1. The van der Waals surface area contributed by atoms with Crippen LogP contribution in [0.3, 0.4) is 0 Å². The first-order valence-electron chi connectivity index (χ1n) is 4.74. The van der Waals surface area contributed by atoms with Crippen LogP contribution in [0.5, 0.6) is 11.6 Å². The molecule has 0 aliphatic heterocycles. The first kappa shape index (κ1) is 12.4. The van der Waals surface area contributed by atoms with Gasteiger partial charge in [0.1, 0.15) is 11.6 Å². The molecule has 2 rings (SSSR count). The molecule has 0 unspecified atom stereocenters. The summed E-state index contributed by atoms with van der Waals surface area (Å²) in [5, 5.41) is 8.89. The fraction of sp³-hybridized carbons (Fsp3) is 0. The number of ether oxygens (including phenoxy) is 1. The normalized spacial score (nSPS) is 10.1. The number of aromatic nitrogens is 2. The summed E-state index contributed by atoms with van der Waals surface area (Å²) in [6.45, 7) is 0. The molecule has 0 aliphatic carbocycles. The summed E-state index contributed by atoms with van der Waals surface area (Å²) in [4.78, 5) is 18.3. The van der Waals surface area contributed by atoms with E-state index in [1.165, 1.54) is 24.5 Å². The lowest BCUT2D eigenvalue weighted by Crippen LogP contribution is -2.04. The van der Waals surface area contributed by atoms with Crippen molar-refractivity contribution in [2.24, 2.45) is 0 Å². The van der Waals surface area contributed by atoms with E-state index in [1.807, 2.05) is 0 Å². The van der Waals surface area contributed by atoms with Crippen molar-refractivity contribution in [2.75, 3.05) is 0 Å². The number of aromatic carboxylic acids is 1. The summed E-state index contributed by atoms with van der Waals surface area (Å²) in [5.41, 5.74) is -0.335. The zero-order valence-electron chi connectivity index (χ0n) is 8.80. The molecule has 0 saturated carbocycles. The predicted molar refractivity (Wildman–Crippen MR) is 63.2 cm³/mol. The number of hydrogen-bond acceptors (Lipinski definition) is 4. The van der Waals surface area contributed by atoms with E-state index in [-0.39, 0.29) is 17.3 Å². The highest BCUT2D eigenvalue weighted by molar-refractivity contribution is 9.10. The Morgan fingerprint density at radius 2 is 2.00 bits per heavy atom. The standard InChI is InChI=1S/C11H6BrFN2O3/c12-6-3-7(13)5-8(4-6)18-10-9(11(16)17)14-1-2-15-10/h1-5H,(H,16,17). The number of nitrogens with zero attached hydrogens (tertiary/aromatic N) is 2. The summed E-state index contributed by atoms with van der Waals surface area (Å²) in [6.07, 6.45) is 2.52. The fourth-order valence-corrected chi connectivity index (χ4v) is 1.69. The Morgan fingerprint density at radius 3 is 2.67 bits per heavy atom. The van der Waals surface area contributed by atoms with E-state index in [0.29, 0.717) is 4.47 Å². The maximum Gasteiger partial charge on any atom is 0.360 e. The van der Waals surface area contributed by atoms with E-state index in [1.54, 1.807) is 0 Å². The van der Waals surface area contributed by atoms with Gasteiger partial charge in [0.25, 0.3) is 5.88 Å². The smallest absolute Gasteiger partial charge is 0.360 e. The third-order valence-corrected chi connectivity index (χ3v) is 2.38. The molecule has 0 bridgehead atoms. The van der Waals surface area contributed by atoms with Crippen LogP contribution in [0.2, 0.25) is 0 Å². The van der Waals surface area contributed by atoms with Crippen LogP contribution in [0.4, 0.5) is 4.39 Å². The van der Waals surface area contributed by atoms with Crippen LogP contribution in [0.15, 0.2) is 35.1 Å². The number of rotatable bonds is 3. The Bertz CT molecular complexity index is 586. The SMILES string of the molecule is O=C(O)c1nccnc1Oc1cc(F)cc(Br)c1. The second kappa shape index (κ2) is 5.09. The van der Waals surface area contributed by atoms with E-state index >= 15 is 0 Å². The average Bonchev–Trinajstić information content (AvgIpc) is 2.27. The lowest BCUT2D eigenvalue weighted by Gasteiger charge is -2.06.